The maximum absolute atomic E-state index is 3.76. The minimum absolute atomic E-state index is 0.420. The van der Waals surface area contributed by atoms with Crippen LogP contribution in [0.25, 0.3) is 0 Å². The molecule has 1 saturated heterocycles. The van der Waals surface area contributed by atoms with Gasteiger partial charge in [0.15, 0.2) is 0 Å². The molecule has 1 aliphatic carbocycles. The number of hydrogen-bond acceptors (Lipinski definition) is 2. The number of rotatable bonds is 5. The van der Waals surface area contributed by atoms with Crippen LogP contribution in [-0.2, 0) is 0 Å². The van der Waals surface area contributed by atoms with Gasteiger partial charge in [-0.05, 0) is 59.2 Å². The highest BCUT2D eigenvalue weighted by Crippen LogP contribution is 2.40. The second-order valence-corrected chi connectivity index (χ2v) is 6.28. The van der Waals surface area contributed by atoms with Crippen LogP contribution >= 0.6 is 0 Å². The Morgan fingerprint density at radius 1 is 1.17 bits per heavy atom. The Morgan fingerprint density at radius 2 is 1.78 bits per heavy atom. The van der Waals surface area contributed by atoms with E-state index in [1.807, 2.05) is 0 Å². The van der Waals surface area contributed by atoms with E-state index in [0.29, 0.717) is 11.6 Å². The smallest absolute Gasteiger partial charge is 0.0439 e. The third-order valence-electron chi connectivity index (χ3n) is 4.71. The molecule has 1 heterocycles. The van der Waals surface area contributed by atoms with Gasteiger partial charge in [0.1, 0.15) is 0 Å². The van der Waals surface area contributed by atoms with Crippen LogP contribution < -0.4 is 5.32 Å². The lowest BCUT2D eigenvalue weighted by Crippen LogP contribution is -2.58. The summed E-state index contributed by atoms with van der Waals surface area (Å²) < 4.78 is 0. The molecule has 0 radical (unpaired) electrons. The second kappa shape index (κ2) is 6.21. The van der Waals surface area contributed by atoms with Crippen molar-refractivity contribution in [2.75, 3.05) is 19.6 Å². The third-order valence-corrected chi connectivity index (χ3v) is 4.71. The van der Waals surface area contributed by atoms with Gasteiger partial charge in [0.05, 0.1) is 0 Å². The third kappa shape index (κ3) is 2.80. The summed E-state index contributed by atoms with van der Waals surface area (Å²) in [4.78, 5) is 2.80. The van der Waals surface area contributed by atoms with Crippen molar-refractivity contribution < 1.29 is 0 Å². The highest BCUT2D eigenvalue weighted by molar-refractivity contribution is 5.15. The zero-order valence-electron chi connectivity index (χ0n) is 12.5. The van der Waals surface area contributed by atoms with Gasteiger partial charge in [-0.15, -0.1) is 0 Å². The Hall–Kier alpha value is -0.340. The molecule has 1 N–H and O–H groups in total. The Bertz CT molecular complexity index is 279. The van der Waals surface area contributed by atoms with Crippen molar-refractivity contribution in [1.82, 2.24) is 10.2 Å². The average molecular weight is 250 g/mol. The second-order valence-electron chi connectivity index (χ2n) is 6.28. The Labute approximate surface area is 113 Å². The van der Waals surface area contributed by atoms with Gasteiger partial charge in [-0.3, -0.25) is 4.90 Å². The van der Waals surface area contributed by atoms with E-state index < -0.39 is 0 Å². The quantitative estimate of drug-likeness (QED) is 0.753. The molecule has 18 heavy (non-hydrogen) atoms. The first-order chi connectivity index (χ1) is 8.69. The van der Waals surface area contributed by atoms with E-state index in [-0.39, 0.29) is 0 Å². The summed E-state index contributed by atoms with van der Waals surface area (Å²) in [6.07, 6.45) is 10.9. The molecule has 0 aromatic rings. The van der Waals surface area contributed by atoms with Gasteiger partial charge in [0.25, 0.3) is 0 Å². The van der Waals surface area contributed by atoms with Crippen molar-refractivity contribution in [1.29, 1.82) is 0 Å². The van der Waals surface area contributed by atoms with Gasteiger partial charge in [-0.2, -0.15) is 0 Å². The summed E-state index contributed by atoms with van der Waals surface area (Å²) >= 11 is 0. The van der Waals surface area contributed by atoms with Crippen LogP contribution in [0.3, 0.4) is 0 Å². The molecule has 2 rings (SSSR count). The number of likely N-dealkylation sites (tertiary alicyclic amines) is 1. The number of hydrogen-bond donors (Lipinski definition) is 1. The molecule has 2 fully saturated rings. The summed E-state index contributed by atoms with van der Waals surface area (Å²) in [6, 6.07) is 0.549. The van der Waals surface area contributed by atoms with Gasteiger partial charge >= 0.3 is 0 Å². The maximum atomic E-state index is 3.76. The number of allylic oxidation sites excluding steroid dienone is 1. The van der Waals surface area contributed by atoms with Crippen LogP contribution in [-0.4, -0.2) is 36.1 Å². The van der Waals surface area contributed by atoms with Crippen LogP contribution in [0.2, 0.25) is 0 Å². The van der Waals surface area contributed by atoms with E-state index in [9.17, 15) is 0 Å². The molecule has 0 bridgehead atoms. The lowest BCUT2D eigenvalue weighted by Gasteiger charge is -2.44. The maximum Gasteiger partial charge on any atom is 0.0439 e. The van der Waals surface area contributed by atoms with Crippen LogP contribution in [0, 0.1) is 0 Å². The standard InChI is InChI=1S/C16H30N2/c1-4-17-15(13-14(2)3)16(9-5-6-10-16)18-11-7-8-12-18/h13,15,17H,4-12H2,1-3H3. The molecule has 0 aromatic heterocycles. The topological polar surface area (TPSA) is 15.3 Å². The molecule has 2 aliphatic rings. The Morgan fingerprint density at radius 3 is 2.28 bits per heavy atom. The molecule has 1 unspecified atom stereocenters. The molecule has 0 spiro atoms. The lowest BCUT2D eigenvalue weighted by molar-refractivity contribution is 0.0945. The number of likely N-dealkylation sites (N-methyl/N-ethyl adjacent to an activating group) is 1. The van der Waals surface area contributed by atoms with Gasteiger partial charge in [0.2, 0.25) is 0 Å². The first-order valence-corrected chi connectivity index (χ1v) is 7.82. The van der Waals surface area contributed by atoms with E-state index in [2.05, 4.69) is 37.1 Å². The SMILES string of the molecule is CCNC(C=C(C)C)C1(N2CCCC2)CCCC1. The monoisotopic (exact) mass is 250 g/mol. The fraction of sp³-hybridized carbons (Fsp3) is 0.875. The molecule has 1 saturated carbocycles. The lowest BCUT2D eigenvalue weighted by atomic mass is 9.85. The average Bonchev–Trinajstić information content (AvgIpc) is 3.00. The molecule has 1 atom stereocenters. The number of nitrogens with zero attached hydrogens (tertiary/aromatic N) is 1. The normalized spacial score (nSPS) is 25.3. The van der Waals surface area contributed by atoms with Gasteiger partial charge in [-0.25, -0.2) is 0 Å². The Balaban J connectivity index is 2.22. The first kappa shape index (κ1) is 14.1. The van der Waals surface area contributed by atoms with E-state index in [0.717, 1.165) is 6.54 Å². The van der Waals surface area contributed by atoms with Crippen molar-refractivity contribution in [3.8, 4) is 0 Å². The molecule has 1 aliphatic heterocycles. The van der Waals surface area contributed by atoms with Crippen molar-refractivity contribution in [3.63, 3.8) is 0 Å². The minimum atomic E-state index is 0.420. The molecular formula is C16H30N2. The minimum Gasteiger partial charge on any atom is -0.309 e. The molecule has 104 valence electrons. The number of nitrogens with one attached hydrogen (secondary N) is 1. The zero-order valence-corrected chi connectivity index (χ0v) is 12.5. The molecular weight excluding hydrogens is 220 g/mol. The van der Waals surface area contributed by atoms with Crippen molar-refractivity contribution in [2.24, 2.45) is 0 Å². The molecule has 0 amide bonds. The predicted octanol–water partition coefficient (Wildman–Crippen LogP) is 3.34. The van der Waals surface area contributed by atoms with Crippen molar-refractivity contribution >= 4 is 0 Å². The summed E-state index contributed by atoms with van der Waals surface area (Å²) in [6.45, 7) is 10.4. The van der Waals surface area contributed by atoms with Crippen LogP contribution in [0.4, 0.5) is 0 Å². The zero-order chi connectivity index (χ0) is 13.0. The fourth-order valence-electron chi connectivity index (χ4n) is 3.93. The van der Waals surface area contributed by atoms with Gasteiger partial charge in [-0.1, -0.05) is 31.4 Å². The van der Waals surface area contributed by atoms with Gasteiger partial charge in [0, 0.05) is 11.6 Å². The highest BCUT2D eigenvalue weighted by Gasteiger charge is 2.45. The molecule has 0 aromatic carbocycles. The largest absolute Gasteiger partial charge is 0.309 e. The Kier molecular flexibility index (Phi) is 4.85. The molecule has 2 nitrogen and oxygen atoms in total. The summed E-state index contributed by atoms with van der Waals surface area (Å²) in [7, 11) is 0. The van der Waals surface area contributed by atoms with Crippen LogP contribution in [0.5, 0.6) is 0 Å². The van der Waals surface area contributed by atoms with E-state index in [1.54, 1.807) is 0 Å². The highest BCUT2D eigenvalue weighted by atomic mass is 15.2. The summed E-state index contributed by atoms with van der Waals surface area (Å²) in [5, 5.41) is 3.76. The van der Waals surface area contributed by atoms with E-state index >= 15 is 0 Å². The van der Waals surface area contributed by atoms with E-state index in [4.69, 9.17) is 0 Å². The van der Waals surface area contributed by atoms with Crippen molar-refractivity contribution in [2.45, 2.75) is 70.9 Å². The summed E-state index contributed by atoms with van der Waals surface area (Å²) in [5.41, 5.74) is 1.87. The fourth-order valence-corrected chi connectivity index (χ4v) is 3.93. The molecule has 2 heteroatoms. The van der Waals surface area contributed by atoms with Crippen LogP contribution in [0.15, 0.2) is 11.6 Å². The summed E-state index contributed by atoms with van der Waals surface area (Å²) in [5.74, 6) is 0. The van der Waals surface area contributed by atoms with Gasteiger partial charge < -0.3 is 5.32 Å². The van der Waals surface area contributed by atoms with Crippen LogP contribution in [0.1, 0.15) is 59.3 Å². The predicted molar refractivity (Wildman–Crippen MR) is 78.9 cm³/mol. The van der Waals surface area contributed by atoms with E-state index in [1.165, 1.54) is 57.2 Å². The van der Waals surface area contributed by atoms with Crippen molar-refractivity contribution in [3.05, 3.63) is 11.6 Å². The first-order valence-electron chi connectivity index (χ1n) is 7.82.